The number of aliphatic hydroxyl groups is 1. The van der Waals surface area contributed by atoms with Crippen molar-refractivity contribution in [3.63, 3.8) is 0 Å². The number of ether oxygens (including phenoxy) is 1. The molecule has 1 aromatic heterocycles. The van der Waals surface area contributed by atoms with E-state index in [1.54, 1.807) is 11.3 Å². The van der Waals surface area contributed by atoms with Crippen LogP contribution in [-0.2, 0) is 4.74 Å². The van der Waals surface area contributed by atoms with Gasteiger partial charge in [-0.25, -0.2) is 4.98 Å². The summed E-state index contributed by atoms with van der Waals surface area (Å²) in [7, 11) is 0. The van der Waals surface area contributed by atoms with Crippen molar-refractivity contribution in [2.75, 3.05) is 57.4 Å². The number of aliphatic hydroxyl groups excluding tert-OH is 1. The highest BCUT2D eigenvalue weighted by Gasteiger charge is 2.17. The summed E-state index contributed by atoms with van der Waals surface area (Å²) < 4.78 is 5.27. The van der Waals surface area contributed by atoms with E-state index >= 15 is 0 Å². The fourth-order valence-electron chi connectivity index (χ4n) is 1.90. The smallest absolute Gasteiger partial charge is 0.185 e. The van der Waals surface area contributed by atoms with Gasteiger partial charge in [-0.15, -0.1) is 11.3 Å². The lowest BCUT2D eigenvalue weighted by Gasteiger charge is -2.34. The fraction of sp³-hybridized carbons (Fsp3) is 0.727. The monoisotopic (exact) mass is 257 g/mol. The zero-order chi connectivity index (χ0) is 11.9. The summed E-state index contributed by atoms with van der Waals surface area (Å²) in [6.45, 7) is 6.39. The topological polar surface area (TPSA) is 48.8 Å². The SMILES string of the molecule is OCCOCCN1CCN(c2nccs2)CC1. The van der Waals surface area contributed by atoms with Crippen LogP contribution in [0.3, 0.4) is 0 Å². The molecule has 0 atom stereocenters. The molecule has 1 aliphatic rings. The van der Waals surface area contributed by atoms with Gasteiger partial charge in [0.1, 0.15) is 0 Å². The molecule has 0 bridgehead atoms. The minimum atomic E-state index is 0.109. The largest absolute Gasteiger partial charge is 0.394 e. The number of nitrogens with zero attached hydrogens (tertiary/aromatic N) is 3. The standard InChI is InChI=1S/C11H19N3O2S/c15-7-9-16-8-6-13-2-4-14(5-3-13)11-12-1-10-17-11/h1,10,15H,2-9H2. The van der Waals surface area contributed by atoms with E-state index in [4.69, 9.17) is 9.84 Å². The van der Waals surface area contributed by atoms with E-state index < -0.39 is 0 Å². The molecule has 96 valence electrons. The van der Waals surface area contributed by atoms with Gasteiger partial charge in [-0.1, -0.05) is 0 Å². The van der Waals surface area contributed by atoms with Crippen LogP contribution in [0.2, 0.25) is 0 Å². The Morgan fingerprint density at radius 2 is 2.12 bits per heavy atom. The Morgan fingerprint density at radius 3 is 2.76 bits per heavy atom. The molecular weight excluding hydrogens is 238 g/mol. The van der Waals surface area contributed by atoms with Crippen LogP contribution in [0.5, 0.6) is 0 Å². The van der Waals surface area contributed by atoms with Crippen molar-refractivity contribution in [2.24, 2.45) is 0 Å². The molecule has 1 aliphatic heterocycles. The number of rotatable bonds is 6. The molecule has 0 spiro atoms. The third-order valence-corrected chi connectivity index (χ3v) is 3.68. The quantitative estimate of drug-likeness (QED) is 0.742. The zero-order valence-corrected chi connectivity index (χ0v) is 10.7. The van der Waals surface area contributed by atoms with Crippen LogP contribution in [0.15, 0.2) is 11.6 Å². The summed E-state index contributed by atoms with van der Waals surface area (Å²) >= 11 is 1.70. The van der Waals surface area contributed by atoms with Gasteiger partial charge < -0.3 is 14.7 Å². The van der Waals surface area contributed by atoms with Gasteiger partial charge in [-0.2, -0.15) is 0 Å². The third-order valence-electron chi connectivity index (χ3n) is 2.85. The maximum absolute atomic E-state index is 8.59. The molecule has 1 saturated heterocycles. The molecule has 1 N–H and O–H groups in total. The lowest BCUT2D eigenvalue weighted by atomic mass is 10.3. The van der Waals surface area contributed by atoms with Crippen molar-refractivity contribution in [1.82, 2.24) is 9.88 Å². The van der Waals surface area contributed by atoms with Crippen LogP contribution in [0.1, 0.15) is 0 Å². The molecule has 0 amide bonds. The van der Waals surface area contributed by atoms with Crippen molar-refractivity contribution < 1.29 is 9.84 Å². The molecule has 0 saturated carbocycles. The third kappa shape index (κ3) is 3.92. The molecule has 0 radical (unpaired) electrons. The Balaban J connectivity index is 1.64. The van der Waals surface area contributed by atoms with Crippen LogP contribution in [0.25, 0.3) is 0 Å². The molecule has 2 rings (SSSR count). The van der Waals surface area contributed by atoms with E-state index in [1.165, 1.54) is 0 Å². The van der Waals surface area contributed by atoms with Crippen LogP contribution in [0, 0.1) is 0 Å². The second-order valence-electron chi connectivity index (χ2n) is 3.98. The minimum Gasteiger partial charge on any atom is -0.394 e. The summed E-state index contributed by atoms with van der Waals surface area (Å²) in [6.07, 6.45) is 1.86. The number of anilines is 1. The van der Waals surface area contributed by atoms with E-state index in [2.05, 4.69) is 14.8 Å². The van der Waals surface area contributed by atoms with Gasteiger partial charge in [-0.05, 0) is 0 Å². The van der Waals surface area contributed by atoms with Crippen molar-refractivity contribution in [3.8, 4) is 0 Å². The first-order valence-corrected chi connectivity index (χ1v) is 6.83. The Bertz CT molecular complexity index is 300. The summed E-state index contributed by atoms with van der Waals surface area (Å²) in [4.78, 5) is 9.04. The van der Waals surface area contributed by atoms with E-state index in [9.17, 15) is 0 Å². The van der Waals surface area contributed by atoms with E-state index in [0.717, 1.165) is 37.9 Å². The van der Waals surface area contributed by atoms with Crippen molar-refractivity contribution in [1.29, 1.82) is 0 Å². The highest BCUT2D eigenvalue weighted by molar-refractivity contribution is 7.13. The van der Waals surface area contributed by atoms with Gasteiger partial charge in [0.25, 0.3) is 0 Å². The maximum atomic E-state index is 8.59. The second-order valence-corrected chi connectivity index (χ2v) is 4.85. The Hall–Kier alpha value is -0.690. The maximum Gasteiger partial charge on any atom is 0.185 e. The zero-order valence-electron chi connectivity index (χ0n) is 9.92. The van der Waals surface area contributed by atoms with Gasteiger partial charge >= 0.3 is 0 Å². The Morgan fingerprint density at radius 1 is 1.29 bits per heavy atom. The first kappa shape index (κ1) is 12.8. The molecular formula is C11H19N3O2S. The van der Waals surface area contributed by atoms with E-state index in [-0.39, 0.29) is 6.61 Å². The molecule has 1 fully saturated rings. The summed E-state index contributed by atoms with van der Waals surface area (Å²) in [5, 5.41) is 11.7. The highest BCUT2D eigenvalue weighted by atomic mass is 32.1. The van der Waals surface area contributed by atoms with Crippen LogP contribution in [0.4, 0.5) is 5.13 Å². The molecule has 6 heteroatoms. The number of hydrogen-bond acceptors (Lipinski definition) is 6. The van der Waals surface area contributed by atoms with Gasteiger partial charge in [-0.3, -0.25) is 4.90 Å². The summed E-state index contributed by atoms with van der Waals surface area (Å²) in [6, 6.07) is 0. The predicted molar refractivity (Wildman–Crippen MR) is 68.7 cm³/mol. The molecule has 17 heavy (non-hydrogen) atoms. The van der Waals surface area contributed by atoms with Crippen molar-refractivity contribution in [2.45, 2.75) is 0 Å². The average Bonchev–Trinajstić information content (AvgIpc) is 2.89. The highest BCUT2D eigenvalue weighted by Crippen LogP contribution is 2.18. The van der Waals surface area contributed by atoms with E-state index in [0.29, 0.717) is 13.2 Å². The number of aromatic nitrogens is 1. The Kier molecular flexibility index (Phi) is 5.18. The van der Waals surface area contributed by atoms with Gasteiger partial charge in [0.2, 0.25) is 0 Å². The van der Waals surface area contributed by atoms with Gasteiger partial charge in [0, 0.05) is 44.3 Å². The first-order chi connectivity index (χ1) is 8.40. The molecule has 2 heterocycles. The molecule has 5 nitrogen and oxygen atoms in total. The van der Waals surface area contributed by atoms with Crippen molar-refractivity contribution >= 4 is 16.5 Å². The lowest BCUT2D eigenvalue weighted by molar-refractivity contribution is 0.0724. The Labute approximate surface area is 106 Å². The molecule has 0 aliphatic carbocycles. The average molecular weight is 257 g/mol. The molecule has 0 aromatic carbocycles. The van der Waals surface area contributed by atoms with Crippen LogP contribution < -0.4 is 4.90 Å². The normalized spacial score (nSPS) is 17.6. The number of thiazole rings is 1. The molecule has 0 unspecified atom stereocenters. The van der Waals surface area contributed by atoms with Gasteiger partial charge in [0.15, 0.2) is 5.13 Å². The lowest BCUT2D eigenvalue weighted by Crippen LogP contribution is -2.47. The molecule has 1 aromatic rings. The number of piperazine rings is 1. The summed E-state index contributed by atoms with van der Waals surface area (Å²) in [5.41, 5.74) is 0. The van der Waals surface area contributed by atoms with Crippen molar-refractivity contribution in [3.05, 3.63) is 11.6 Å². The van der Waals surface area contributed by atoms with E-state index in [1.807, 2.05) is 11.6 Å². The minimum absolute atomic E-state index is 0.109. The second kappa shape index (κ2) is 6.90. The predicted octanol–water partition coefficient (Wildman–Crippen LogP) is 0.274. The summed E-state index contributed by atoms with van der Waals surface area (Å²) in [5.74, 6) is 0. The number of hydrogen-bond donors (Lipinski definition) is 1. The first-order valence-electron chi connectivity index (χ1n) is 5.95. The van der Waals surface area contributed by atoms with Crippen LogP contribution in [-0.4, -0.2) is 67.5 Å². The fourth-order valence-corrected chi connectivity index (χ4v) is 2.59. The van der Waals surface area contributed by atoms with Crippen LogP contribution >= 0.6 is 11.3 Å². The van der Waals surface area contributed by atoms with Gasteiger partial charge in [0.05, 0.1) is 19.8 Å².